The number of amides is 3. The minimum atomic E-state index is -0.759. The first-order chi connectivity index (χ1) is 11.6. The minimum Gasteiger partial charge on any atom is -0.481 e. The second-order valence-electron chi connectivity index (χ2n) is 6.24. The summed E-state index contributed by atoms with van der Waals surface area (Å²) in [5, 5.41) is 16.7. The van der Waals surface area contributed by atoms with Gasteiger partial charge in [0.1, 0.15) is 6.04 Å². The van der Waals surface area contributed by atoms with E-state index in [9.17, 15) is 14.4 Å². The summed E-state index contributed by atoms with van der Waals surface area (Å²) in [5.74, 6) is -1.23. The van der Waals surface area contributed by atoms with Gasteiger partial charge >= 0.3 is 12.0 Å². The van der Waals surface area contributed by atoms with Crippen molar-refractivity contribution < 1.29 is 19.5 Å². The van der Waals surface area contributed by atoms with Gasteiger partial charge in [0.2, 0.25) is 5.91 Å². The first-order valence-electron chi connectivity index (χ1n) is 8.17. The Kier molecular flexibility index (Phi) is 5.03. The number of aliphatic carboxylic acids is 1. The highest BCUT2D eigenvalue weighted by molar-refractivity contribution is 7.10. The molecule has 8 heteroatoms. The summed E-state index contributed by atoms with van der Waals surface area (Å²) in [6.45, 7) is 0.907. The summed E-state index contributed by atoms with van der Waals surface area (Å²) in [7, 11) is 0. The van der Waals surface area contributed by atoms with Gasteiger partial charge < -0.3 is 20.6 Å². The highest BCUT2D eigenvalue weighted by Gasteiger charge is 2.36. The number of rotatable bonds is 3. The van der Waals surface area contributed by atoms with Crippen molar-refractivity contribution in [1.29, 1.82) is 0 Å². The SMILES string of the molecule is O=C(O)C1CCC(NC(=O)N2CCNC(=O)C2c2cccs2)CC1. The second-order valence-corrected chi connectivity index (χ2v) is 7.22. The molecule has 0 spiro atoms. The summed E-state index contributed by atoms with van der Waals surface area (Å²) in [5.41, 5.74) is 0. The van der Waals surface area contributed by atoms with Crippen LogP contribution < -0.4 is 10.6 Å². The van der Waals surface area contributed by atoms with Crippen molar-refractivity contribution in [2.45, 2.75) is 37.8 Å². The number of piperazine rings is 1. The van der Waals surface area contributed by atoms with E-state index < -0.39 is 12.0 Å². The van der Waals surface area contributed by atoms with Gasteiger partial charge in [-0.2, -0.15) is 0 Å². The standard InChI is InChI=1S/C16H21N3O4S/c20-14-13(12-2-1-9-24-12)19(8-7-17-14)16(23)18-11-5-3-10(4-6-11)15(21)22/h1-2,9-11,13H,3-8H2,(H,17,20)(H,18,23)(H,21,22). The van der Waals surface area contributed by atoms with Crippen LogP contribution in [0.4, 0.5) is 4.79 Å². The molecule has 1 aromatic heterocycles. The molecule has 0 radical (unpaired) electrons. The Morgan fingerprint density at radius 3 is 2.67 bits per heavy atom. The molecule has 3 rings (SSSR count). The molecule has 1 aromatic rings. The van der Waals surface area contributed by atoms with Gasteiger partial charge in [0.15, 0.2) is 0 Å². The fourth-order valence-electron chi connectivity index (χ4n) is 3.36. The molecule has 1 saturated heterocycles. The summed E-state index contributed by atoms with van der Waals surface area (Å²) in [6.07, 6.45) is 2.48. The molecule has 1 unspecified atom stereocenters. The van der Waals surface area contributed by atoms with E-state index in [0.29, 0.717) is 38.8 Å². The molecule has 0 aromatic carbocycles. The average Bonchev–Trinajstić information content (AvgIpc) is 3.09. The van der Waals surface area contributed by atoms with Gasteiger partial charge in [-0.05, 0) is 37.1 Å². The van der Waals surface area contributed by atoms with E-state index in [2.05, 4.69) is 10.6 Å². The van der Waals surface area contributed by atoms with E-state index in [1.165, 1.54) is 11.3 Å². The Labute approximate surface area is 144 Å². The van der Waals surface area contributed by atoms with Crippen molar-refractivity contribution in [3.05, 3.63) is 22.4 Å². The van der Waals surface area contributed by atoms with E-state index in [0.717, 1.165) is 4.88 Å². The van der Waals surface area contributed by atoms with Crippen LogP contribution in [0.5, 0.6) is 0 Å². The van der Waals surface area contributed by atoms with Gasteiger partial charge in [0, 0.05) is 24.0 Å². The molecule has 2 heterocycles. The van der Waals surface area contributed by atoms with E-state index in [1.54, 1.807) is 4.90 Å². The average molecular weight is 351 g/mol. The number of nitrogens with zero attached hydrogens (tertiary/aromatic N) is 1. The van der Waals surface area contributed by atoms with Crippen LogP contribution in [0.3, 0.4) is 0 Å². The molecule has 1 atom stereocenters. The largest absolute Gasteiger partial charge is 0.481 e. The maximum atomic E-state index is 12.7. The number of carbonyl (C=O) groups excluding carboxylic acids is 2. The molecule has 2 fully saturated rings. The number of carboxylic acid groups (broad SMARTS) is 1. The Morgan fingerprint density at radius 1 is 1.29 bits per heavy atom. The monoisotopic (exact) mass is 351 g/mol. The van der Waals surface area contributed by atoms with Gasteiger partial charge in [-0.3, -0.25) is 9.59 Å². The van der Waals surface area contributed by atoms with Crippen molar-refractivity contribution in [2.75, 3.05) is 13.1 Å². The number of nitrogens with one attached hydrogen (secondary N) is 2. The zero-order chi connectivity index (χ0) is 17.1. The highest BCUT2D eigenvalue weighted by Crippen LogP contribution is 2.28. The first kappa shape index (κ1) is 16.8. The quantitative estimate of drug-likeness (QED) is 0.770. The van der Waals surface area contributed by atoms with Crippen LogP contribution in [0.25, 0.3) is 0 Å². The first-order valence-corrected chi connectivity index (χ1v) is 9.05. The van der Waals surface area contributed by atoms with Crippen LogP contribution in [0.2, 0.25) is 0 Å². The van der Waals surface area contributed by atoms with E-state index in [-0.39, 0.29) is 23.9 Å². The Morgan fingerprint density at radius 2 is 2.04 bits per heavy atom. The van der Waals surface area contributed by atoms with Crippen molar-refractivity contribution in [3.63, 3.8) is 0 Å². The topological polar surface area (TPSA) is 98.7 Å². The molecule has 3 amide bonds. The maximum absolute atomic E-state index is 12.7. The maximum Gasteiger partial charge on any atom is 0.318 e. The smallest absolute Gasteiger partial charge is 0.318 e. The Hall–Kier alpha value is -2.09. The Bertz CT molecular complexity index is 611. The van der Waals surface area contributed by atoms with Gasteiger partial charge in [-0.25, -0.2) is 4.79 Å². The normalized spacial score (nSPS) is 27.4. The molecule has 1 aliphatic carbocycles. The van der Waals surface area contributed by atoms with Gasteiger partial charge in [-0.1, -0.05) is 6.07 Å². The number of carboxylic acids is 1. The lowest BCUT2D eigenvalue weighted by Gasteiger charge is -2.36. The van der Waals surface area contributed by atoms with E-state index >= 15 is 0 Å². The van der Waals surface area contributed by atoms with Crippen LogP contribution in [0.15, 0.2) is 17.5 Å². The van der Waals surface area contributed by atoms with Crippen LogP contribution in [0, 0.1) is 5.92 Å². The van der Waals surface area contributed by atoms with Crippen molar-refractivity contribution in [3.8, 4) is 0 Å². The lowest BCUT2D eigenvalue weighted by Crippen LogP contribution is -2.56. The minimum absolute atomic E-state index is 0.0259. The molecule has 1 saturated carbocycles. The zero-order valence-corrected chi connectivity index (χ0v) is 14.1. The van der Waals surface area contributed by atoms with Crippen LogP contribution in [0.1, 0.15) is 36.6 Å². The fourth-order valence-corrected chi connectivity index (χ4v) is 4.19. The fraction of sp³-hybridized carbons (Fsp3) is 0.562. The third-order valence-electron chi connectivity index (χ3n) is 4.69. The molecule has 0 bridgehead atoms. The van der Waals surface area contributed by atoms with Gasteiger partial charge in [0.25, 0.3) is 0 Å². The van der Waals surface area contributed by atoms with Crippen molar-refractivity contribution >= 4 is 29.2 Å². The van der Waals surface area contributed by atoms with Crippen LogP contribution in [-0.2, 0) is 9.59 Å². The number of hydrogen-bond acceptors (Lipinski definition) is 4. The summed E-state index contributed by atoms with van der Waals surface area (Å²) in [4.78, 5) is 38.3. The molecular formula is C16H21N3O4S. The molecule has 130 valence electrons. The number of hydrogen-bond donors (Lipinski definition) is 3. The molecule has 24 heavy (non-hydrogen) atoms. The predicted octanol–water partition coefficient (Wildman–Crippen LogP) is 1.57. The van der Waals surface area contributed by atoms with Crippen molar-refractivity contribution in [1.82, 2.24) is 15.5 Å². The summed E-state index contributed by atoms with van der Waals surface area (Å²) >= 11 is 1.46. The van der Waals surface area contributed by atoms with Crippen LogP contribution >= 0.6 is 11.3 Å². The third-order valence-corrected chi connectivity index (χ3v) is 5.61. The number of urea groups is 1. The summed E-state index contributed by atoms with van der Waals surface area (Å²) in [6, 6.07) is 2.86. The second kappa shape index (κ2) is 7.21. The molecule has 3 N–H and O–H groups in total. The van der Waals surface area contributed by atoms with Gasteiger partial charge in [0.05, 0.1) is 5.92 Å². The van der Waals surface area contributed by atoms with Crippen molar-refractivity contribution in [2.24, 2.45) is 5.92 Å². The van der Waals surface area contributed by atoms with E-state index in [1.807, 2.05) is 17.5 Å². The van der Waals surface area contributed by atoms with Crippen LogP contribution in [-0.4, -0.2) is 47.0 Å². The predicted molar refractivity (Wildman–Crippen MR) is 88.7 cm³/mol. The van der Waals surface area contributed by atoms with Gasteiger partial charge in [-0.15, -0.1) is 11.3 Å². The molecule has 2 aliphatic rings. The Balaban J connectivity index is 1.63. The number of thiophene rings is 1. The lowest BCUT2D eigenvalue weighted by molar-refractivity contribution is -0.142. The lowest BCUT2D eigenvalue weighted by atomic mass is 9.86. The zero-order valence-electron chi connectivity index (χ0n) is 13.2. The number of carbonyl (C=O) groups is 3. The molecule has 1 aliphatic heterocycles. The third kappa shape index (κ3) is 3.53. The molecule has 7 nitrogen and oxygen atoms in total. The highest BCUT2D eigenvalue weighted by atomic mass is 32.1. The van der Waals surface area contributed by atoms with E-state index in [4.69, 9.17) is 5.11 Å². The molecular weight excluding hydrogens is 330 g/mol. The summed E-state index contributed by atoms with van der Waals surface area (Å²) < 4.78 is 0.